The van der Waals surface area contributed by atoms with Crippen molar-refractivity contribution in [2.75, 3.05) is 13.1 Å². The fourth-order valence-electron chi connectivity index (χ4n) is 4.65. The van der Waals surface area contributed by atoms with Crippen LogP contribution in [-0.4, -0.2) is 77.0 Å². The highest BCUT2D eigenvalue weighted by molar-refractivity contribution is 5.94. The summed E-state index contributed by atoms with van der Waals surface area (Å²) in [4.78, 5) is 58.8. The van der Waals surface area contributed by atoms with Crippen LogP contribution >= 0.6 is 0 Å². The van der Waals surface area contributed by atoms with E-state index in [0.717, 1.165) is 16.5 Å². The van der Waals surface area contributed by atoms with E-state index in [2.05, 4.69) is 25.9 Å². The maximum absolute atomic E-state index is 13.5. The molecule has 1 aromatic heterocycles. The number of unbranched alkanes of at least 4 members (excludes halogenated alkanes) is 1. The normalized spacial score (nSPS) is 14.6. The number of H-pyrrole nitrogens is 1. The first kappa shape index (κ1) is 35.0. The van der Waals surface area contributed by atoms with Crippen LogP contribution in [0.1, 0.15) is 57.9 Å². The van der Waals surface area contributed by atoms with Crippen molar-refractivity contribution in [3.8, 4) is 0 Å². The lowest BCUT2D eigenvalue weighted by Crippen LogP contribution is -2.57. The Morgan fingerprint density at radius 3 is 2.21 bits per heavy atom. The maximum Gasteiger partial charge on any atom is 0.326 e. The number of aromatic nitrogens is 1. The van der Waals surface area contributed by atoms with E-state index >= 15 is 0 Å². The second kappa shape index (κ2) is 17.7. The minimum atomic E-state index is -1.18. The van der Waals surface area contributed by atoms with Crippen molar-refractivity contribution in [3.05, 3.63) is 36.0 Å². The number of guanidine groups is 1. The first-order valence-electron chi connectivity index (χ1n) is 14.7. The molecule has 0 radical (unpaired) electrons. The van der Waals surface area contributed by atoms with Gasteiger partial charge in [0.25, 0.3) is 0 Å². The number of nitrogens with one attached hydrogen (secondary N) is 4. The van der Waals surface area contributed by atoms with Crippen molar-refractivity contribution in [3.63, 3.8) is 0 Å². The molecule has 2 rings (SSSR count). The lowest BCUT2D eigenvalue weighted by atomic mass is 9.98. The van der Waals surface area contributed by atoms with Gasteiger partial charge in [-0.2, -0.15) is 0 Å². The van der Waals surface area contributed by atoms with Crippen molar-refractivity contribution in [2.24, 2.45) is 33.8 Å². The van der Waals surface area contributed by atoms with Gasteiger partial charge in [0.05, 0.1) is 6.04 Å². The molecule has 0 saturated carbocycles. The van der Waals surface area contributed by atoms with E-state index in [4.69, 9.17) is 22.9 Å². The molecule has 0 saturated heterocycles. The highest BCUT2D eigenvalue weighted by atomic mass is 16.4. The average Bonchev–Trinajstić information content (AvgIpc) is 3.38. The third kappa shape index (κ3) is 11.2. The molecular formula is C29H47N9O5. The number of carbonyl (C=O) groups excluding carboxylic acids is 3. The Morgan fingerprint density at radius 2 is 1.58 bits per heavy atom. The van der Waals surface area contributed by atoms with Gasteiger partial charge in [0.1, 0.15) is 18.1 Å². The van der Waals surface area contributed by atoms with Crippen LogP contribution < -0.4 is 38.9 Å². The minimum Gasteiger partial charge on any atom is -0.480 e. The smallest absolute Gasteiger partial charge is 0.326 e. The monoisotopic (exact) mass is 601 g/mol. The second-order valence-electron chi connectivity index (χ2n) is 10.7. The maximum atomic E-state index is 13.5. The average molecular weight is 602 g/mol. The number of carbonyl (C=O) groups is 4. The summed E-state index contributed by atoms with van der Waals surface area (Å²) in [7, 11) is 0. The molecule has 5 atom stereocenters. The molecule has 3 amide bonds. The zero-order chi connectivity index (χ0) is 31.9. The number of hydrogen-bond donors (Lipinski definition) is 9. The number of rotatable bonds is 19. The fourth-order valence-corrected chi connectivity index (χ4v) is 4.65. The lowest BCUT2D eigenvalue weighted by Gasteiger charge is -2.26. The van der Waals surface area contributed by atoms with Gasteiger partial charge in [-0.05, 0) is 62.6 Å². The van der Waals surface area contributed by atoms with Crippen molar-refractivity contribution >= 4 is 40.6 Å². The zero-order valence-corrected chi connectivity index (χ0v) is 25.0. The zero-order valence-electron chi connectivity index (χ0n) is 25.0. The largest absolute Gasteiger partial charge is 0.480 e. The van der Waals surface area contributed by atoms with E-state index in [1.54, 1.807) is 13.1 Å². The van der Waals surface area contributed by atoms with Crippen LogP contribution in [0.5, 0.6) is 0 Å². The number of benzene rings is 1. The van der Waals surface area contributed by atoms with Crippen molar-refractivity contribution < 1.29 is 24.3 Å². The van der Waals surface area contributed by atoms with E-state index in [-0.39, 0.29) is 37.7 Å². The molecule has 43 heavy (non-hydrogen) atoms. The number of para-hydroxylation sites is 1. The van der Waals surface area contributed by atoms with Crippen LogP contribution in [-0.2, 0) is 25.6 Å². The summed E-state index contributed by atoms with van der Waals surface area (Å²) in [6, 6.07) is 3.49. The van der Waals surface area contributed by atoms with Gasteiger partial charge >= 0.3 is 5.97 Å². The van der Waals surface area contributed by atoms with Gasteiger partial charge in [0.15, 0.2) is 5.96 Å². The molecule has 0 fully saturated rings. The molecule has 0 bridgehead atoms. The molecule has 2 aromatic rings. The SMILES string of the molecule is CCC(C)C(NC(=O)C(CCCN=C(N)N)NC(=O)C(CCCCN)NC(=O)C(N)Cc1c[nH]c2ccccc12)C(=O)O. The van der Waals surface area contributed by atoms with E-state index in [1.807, 2.05) is 31.2 Å². The van der Waals surface area contributed by atoms with Crippen molar-refractivity contribution in [1.29, 1.82) is 0 Å². The van der Waals surface area contributed by atoms with E-state index in [0.29, 0.717) is 32.2 Å². The second-order valence-corrected chi connectivity index (χ2v) is 10.7. The van der Waals surface area contributed by atoms with Gasteiger partial charge in [-0.25, -0.2) is 4.79 Å². The third-order valence-corrected chi connectivity index (χ3v) is 7.39. The molecule has 1 heterocycles. The highest BCUT2D eigenvalue weighted by Crippen LogP contribution is 2.19. The Balaban J connectivity index is 2.18. The molecule has 13 N–H and O–H groups in total. The lowest BCUT2D eigenvalue weighted by molar-refractivity contribution is -0.144. The first-order valence-corrected chi connectivity index (χ1v) is 14.7. The quantitative estimate of drug-likeness (QED) is 0.0586. The number of aromatic amines is 1. The number of nitrogens with two attached hydrogens (primary N) is 4. The summed E-state index contributed by atoms with van der Waals surface area (Å²) in [6.07, 6.45) is 4.46. The van der Waals surface area contributed by atoms with Crippen LogP contribution in [0.4, 0.5) is 0 Å². The van der Waals surface area contributed by atoms with Crippen LogP contribution in [0.15, 0.2) is 35.5 Å². The Hall–Kier alpha value is -4.17. The van der Waals surface area contributed by atoms with Gasteiger partial charge < -0.3 is 49.0 Å². The van der Waals surface area contributed by atoms with Crippen molar-refractivity contribution in [1.82, 2.24) is 20.9 Å². The molecular weight excluding hydrogens is 554 g/mol. The van der Waals surface area contributed by atoms with Gasteiger partial charge in [0.2, 0.25) is 17.7 Å². The van der Waals surface area contributed by atoms with Gasteiger partial charge in [-0.15, -0.1) is 0 Å². The number of aliphatic carboxylic acids is 1. The minimum absolute atomic E-state index is 0.112. The van der Waals surface area contributed by atoms with Crippen LogP contribution in [0.25, 0.3) is 10.9 Å². The van der Waals surface area contributed by atoms with Crippen LogP contribution in [0.3, 0.4) is 0 Å². The number of hydrogen-bond acceptors (Lipinski definition) is 7. The summed E-state index contributed by atoms with van der Waals surface area (Å²) >= 11 is 0. The number of carboxylic acids is 1. The topological polar surface area (TPSA) is 257 Å². The van der Waals surface area contributed by atoms with Gasteiger partial charge in [0, 0.05) is 23.6 Å². The molecule has 14 heteroatoms. The Morgan fingerprint density at radius 1 is 0.953 bits per heavy atom. The molecule has 14 nitrogen and oxygen atoms in total. The summed E-state index contributed by atoms with van der Waals surface area (Å²) in [5.41, 5.74) is 24.5. The van der Waals surface area contributed by atoms with E-state index < -0.39 is 47.9 Å². The Labute approximate surface area is 251 Å². The highest BCUT2D eigenvalue weighted by Gasteiger charge is 2.31. The van der Waals surface area contributed by atoms with E-state index in [1.165, 1.54) is 0 Å². The fraction of sp³-hybridized carbons (Fsp3) is 0.552. The van der Waals surface area contributed by atoms with Gasteiger partial charge in [-0.3, -0.25) is 19.4 Å². The molecule has 0 aliphatic carbocycles. The summed E-state index contributed by atoms with van der Waals surface area (Å²) in [5.74, 6) is -3.41. The van der Waals surface area contributed by atoms with E-state index in [9.17, 15) is 24.3 Å². The summed E-state index contributed by atoms with van der Waals surface area (Å²) in [6.45, 7) is 4.15. The Kier molecular flexibility index (Phi) is 14.4. The Bertz CT molecular complexity index is 1240. The summed E-state index contributed by atoms with van der Waals surface area (Å²) in [5, 5.41) is 18.6. The molecule has 238 valence electrons. The molecule has 0 spiro atoms. The summed E-state index contributed by atoms with van der Waals surface area (Å²) < 4.78 is 0. The standard InChI is InChI=1S/C29H47N9O5/c1-3-17(2)24(28(42)43)38-27(41)23(12-8-14-34-29(32)33)37-26(40)22(11-6-7-13-30)36-25(39)20(31)15-18-16-35-21-10-5-4-9-19(18)21/h4-5,9-10,16-17,20,22-24,35H,3,6-8,11-15,30-31H2,1-2H3,(H,36,39)(H,37,40)(H,38,41)(H,42,43)(H4,32,33,34). The number of aliphatic imine (C=N–C) groups is 1. The third-order valence-electron chi connectivity index (χ3n) is 7.39. The number of amides is 3. The molecule has 5 unspecified atom stereocenters. The van der Waals surface area contributed by atoms with Crippen molar-refractivity contribution in [2.45, 2.75) is 83.0 Å². The van der Waals surface area contributed by atoms with Crippen LogP contribution in [0, 0.1) is 5.92 Å². The first-order chi connectivity index (χ1) is 20.5. The number of fused-ring (bicyclic) bond motifs is 1. The van der Waals surface area contributed by atoms with Crippen LogP contribution in [0.2, 0.25) is 0 Å². The van der Waals surface area contributed by atoms with Gasteiger partial charge in [-0.1, -0.05) is 38.5 Å². The number of nitrogens with zero attached hydrogens (tertiary/aromatic N) is 1. The molecule has 1 aromatic carbocycles. The predicted molar refractivity (Wildman–Crippen MR) is 166 cm³/mol. The predicted octanol–water partition coefficient (Wildman–Crippen LogP) is -0.195. The molecule has 0 aliphatic rings. The number of carboxylic acid groups (broad SMARTS) is 1. The molecule has 0 aliphatic heterocycles.